The number of alkyl halides is 3. The van der Waals surface area contributed by atoms with Crippen molar-refractivity contribution < 1.29 is 17.9 Å². The first-order valence-corrected chi connectivity index (χ1v) is 5.57. The van der Waals surface area contributed by atoms with E-state index in [1.165, 1.54) is 35.3 Å². The first-order chi connectivity index (χ1) is 9.00. The second kappa shape index (κ2) is 5.31. The number of nitrogens with zero attached hydrogens (tertiary/aromatic N) is 2. The van der Waals surface area contributed by atoms with E-state index in [1.54, 1.807) is 0 Å². The average molecular weight is 271 g/mol. The van der Waals surface area contributed by atoms with Gasteiger partial charge in [-0.15, -0.1) is 0 Å². The summed E-state index contributed by atoms with van der Waals surface area (Å²) in [5, 5.41) is 3.92. The fraction of sp³-hybridized carbons (Fsp3) is 0.250. The van der Waals surface area contributed by atoms with Crippen LogP contribution < -0.4 is 10.5 Å². The highest BCUT2D eigenvalue weighted by molar-refractivity contribution is 5.38. The second-order valence-electron chi connectivity index (χ2n) is 3.82. The Bertz CT molecular complexity index is 551. The van der Waals surface area contributed by atoms with E-state index in [0.29, 0.717) is 13.1 Å². The third-order valence-electron chi connectivity index (χ3n) is 2.39. The standard InChI is InChI=1S/C12H12F3N3O/c13-12(14,15)10-3-1-2-4-11(10)19-9-7-17-18(8-9)6-5-16/h1-4,7-8H,5-6,16H2. The zero-order chi connectivity index (χ0) is 13.9. The molecule has 0 aliphatic carbocycles. The van der Waals surface area contributed by atoms with Gasteiger partial charge in [-0.2, -0.15) is 18.3 Å². The van der Waals surface area contributed by atoms with Gasteiger partial charge in [0.1, 0.15) is 5.75 Å². The first-order valence-electron chi connectivity index (χ1n) is 5.57. The van der Waals surface area contributed by atoms with Crippen molar-refractivity contribution in [3.05, 3.63) is 42.2 Å². The molecule has 0 aliphatic heterocycles. The zero-order valence-electron chi connectivity index (χ0n) is 9.89. The van der Waals surface area contributed by atoms with Crippen LogP contribution in [-0.2, 0) is 12.7 Å². The van der Waals surface area contributed by atoms with Gasteiger partial charge in [0.25, 0.3) is 0 Å². The average Bonchev–Trinajstić information content (AvgIpc) is 2.76. The maximum atomic E-state index is 12.8. The summed E-state index contributed by atoms with van der Waals surface area (Å²) in [6.07, 6.45) is -1.60. The van der Waals surface area contributed by atoms with E-state index in [4.69, 9.17) is 10.5 Å². The van der Waals surface area contributed by atoms with Crippen LogP contribution in [0.15, 0.2) is 36.7 Å². The second-order valence-corrected chi connectivity index (χ2v) is 3.82. The fourth-order valence-corrected chi connectivity index (χ4v) is 1.57. The number of benzene rings is 1. The Balaban J connectivity index is 2.23. The minimum absolute atomic E-state index is 0.241. The molecule has 0 spiro atoms. The third-order valence-corrected chi connectivity index (χ3v) is 2.39. The van der Waals surface area contributed by atoms with Gasteiger partial charge in [-0.3, -0.25) is 4.68 Å². The van der Waals surface area contributed by atoms with Crippen molar-refractivity contribution in [3.63, 3.8) is 0 Å². The lowest BCUT2D eigenvalue weighted by Gasteiger charge is -2.12. The van der Waals surface area contributed by atoms with E-state index >= 15 is 0 Å². The highest BCUT2D eigenvalue weighted by Crippen LogP contribution is 2.37. The quantitative estimate of drug-likeness (QED) is 0.930. The van der Waals surface area contributed by atoms with Crippen molar-refractivity contribution in [3.8, 4) is 11.5 Å². The summed E-state index contributed by atoms with van der Waals surface area (Å²) >= 11 is 0. The zero-order valence-corrected chi connectivity index (χ0v) is 9.89. The number of rotatable bonds is 4. The van der Waals surface area contributed by atoms with Crippen molar-refractivity contribution in [2.45, 2.75) is 12.7 Å². The molecule has 1 heterocycles. The summed E-state index contributed by atoms with van der Waals surface area (Å²) in [5.41, 5.74) is 4.54. The number of halogens is 3. The topological polar surface area (TPSA) is 53.1 Å². The predicted molar refractivity (Wildman–Crippen MR) is 62.8 cm³/mol. The Morgan fingerprint density at radius 2 is 2.00 bits per heavy atom. The minimum Gasteiger partial charge on any atom is -0.453 e. The number of ether oxygens (including phenoxy) is 1. The van der Waals surface area contributed by atoms with Crippen LogP contribution in [0.1, 0.15) is 5.56 Å². The minimum atomic E-state index is -4.45. The van der Waals surface area contributed by atoms with E-state index in [1.807, 2.05) is 0 Å². The van der Waals surface area contributed by atoms with Crippen molar-refractivity contribution in [2.24, 2.45) is 5.73 Å². The molecule has 1 aromatic carbocycles. The van der Waals surface area contributed by atoms with Crippen molar-refractivity contribution >= 4 is 0 Å². The summed E-state index contributed by atoms with van der Waals surface area (Å²) in [5.74, 6) is -0.00699. The molecule has 2 aromatic rings. The highest BCUT2D eigenvalue weighted by Gasteiger charge is 2.34. The van der Waals surface area contributed by atoms with E-state index in [0.717, 1.165) is 6.07 Å². The molecule has 0 saturated carbocycles. The Kier molecular flexibility index (Phi) is 3.75. The van der Waals surface area contributed by atoms with Gasteiger partial charge in [0, 0.05) is 6.54 Å². The van der Waals surface area contributed by atoms with Crippen molar-refractivity contribution in [1.29, 1.82) is 0 Å². The maximum Gasteiger partial charge on any atom is 0.419 e. The van der Waals surface area contributed by atoms with E-state index in [9.17, 15) is 13.2 Å². The van der Waals surface area contributed by atoms with Gasteiger partial charge in [-0.05, 0) is 12.1 Å². The summed E-state index contributed by atoms with van der Waals surface area (Å²) in [6.45, 7) is 0.866. The molecular formula is C12H12F3N3O. The summed E-state index contributed by atoms with van der Waals surface area (Å²) < 4.78 is 45.0. The number of nitrogens with two attached hydrogens (primary N) is 1. The number of aromatic nitrogens is 2. The van der Waals surface area contributed by atoms with E-state index in [2.05, 4.69) is 5.10 Å². The Morgan fingerprint density at radius 1 is 1.26 bits per heavy atom. The molecule has 102 valence electrons. The first kappa shape index (κ1) is 13.4. The predicted octanol–water partition coefficient (Wildman–Crippen LogP) is 2.65. The van der Waals surface area contributed by atoms with Crippen LogP contribution in [-0.4, -0.2) is 16.3 Å². The lowest BCUT2D eigenvalue weighted by atomic mass is 10.2. The Labute approximate surface area is 107 Å². The molecule has 0 bridgehead atoms. The van der Waals surface area contributed by atoms with E-state index in [-0.39, 0.29) is 11.5 Å². The van der Waals surface area contributed by atoms with Gasteiger partial charge in [-0.1, -0.05) is 12.1 Å². The molecular weight excluding hydrogens is 259 g/mol. The SMILES string of the molecule is NCCn1cc(Oc2ccccc2C(F)(F)F)cn1. The summed E-state index contributed by atoms with van der Waals surface area (Å²) in [4.78, 5) is 0. The largest absolute Gasteiger partial charge is 0.453 e. The highest BCUT2D eigenvalue weighted by atomic mass is 19.4. The molecule has 0 aliphatic rings. The van der Waals surface area contributed by atoms with Gasteiger partial charge >= 0.3 is 6.18 Å². The van der Waals surface area contributed by atoms with Crippen LogP contribution in [0.5, 0.6) is 11.5 Å². The lowest BCUT2D eigenvalue weighted by Crippen LogP contribution is -2.09. The van der Waals surface area contributed by atoms with Crippen LogP contribution in [0.4, 0.5) is 13.2 Å². The van der Waals surface area contributed by atoms with Crippen LogP contribution in [0.25, 0.3) is 0 Å². The molecule has 2 rings (SSSR count). The molecule has 0 amide bonds. The molecule has 4 nitrogen and oxygen atoms in total. The van der Waals surface area contributed by atoms with Gasteiger partial charge in [0.15, 0.2) is 5.75 Å². The number of para-hydroxylation sites is 1. The number of hydrogen-bond donors (Lipinski definition) is 1. The van der Waals surface area contributed by atoms with Crippen LogP contribution in [0, 0.1) is 0 Å². The van der Waals surface area contributed by atoms with Crippen molar-refractivity contribution in [1.82, 2.24) is 9.78 Å². The fourth-order valence-electron chi connectivity index (χ4n) is 1.57. The summed E-state index contributed by atoms with van der Waals surface area (Å²) in [6, 6.07) is 5.03. The summed E-state index contributed by atoms with van der Waals surface area (Å²) in [7, 11) is 0. The molecule has 0 fully saturated rings. The Hall–Kier alpha value is -2.02. The maximum absolute atomic E-state index is 12.8. The van der Waals surface area contributed by atoms with Crippen LogP contribution in [0.3, 0.4) is 0 Å². The molecule has 7 heteroatoms. The molecule has 0 atom stereocenters. The molecule has 19 heavy (non-hydrogen) atoms. The van der Waals surface area contributed by atoms with Gasteiger partial charge in [0.05, 0.1) is 24.5 Å². The molecule has 0 radical (unpaired) electrons. The number of hydrogen-bond acceptors (Lipinski definition) is 3. The normalized spacial score (nSPS) is 11.6. The molecule has 1 aromatic heterocycles. The van der Waals surface area contributed by atoms with Crippen LogP contribution in [0.2, 0.25) is 0 Å². The molecule has 2 N–H and O–H groups in total. The van der Waals surface area contributed by atoms with Crippen molar-refractivity contribution in [2.75, 3.05) is 6.54 Å². The Morgan fingerprint density at radius 3 is 2.68 bits per heavy atom. The van der Waals surface area contributed by atoms with Gasteiger partial charge < -0.3 is 10.5 Å². The molecule has 0 unspecified atom stereocenters. The van der Waals surface area contributed by atoms with Gasteiger partial charge in [-0.25, -0.2) is 0 Å². The van der Waals surface area contributed by atoms with Crippen LogP contribution >= 0.6 is 0 Å². The lowest BCUT2D eigenvalue weighted by molar-refractivity contribution is -0.138. The van der Waals surface area contributed by atoms with Gasteiger partial charge in [0.2, 0.25) is 0 Å². The monoisotopic (exact) mass is 271 g/mol. The molecule has 0 saturated heterocycles. The van der Waals surface area contributed by atoms with E-state index < -0.39 is 11.7 Å². The third kappa shape index (κ3) is 3.25. The smallest absolute Gasteiger partial charge is 0.419 e.